The second-order valence-corrected chi connectivity index (χ2v) is 13.5. The van der Waals surface area contributed by atoms with Crippen molar-refractivity contribution >= 4 is 41.2 Å². The molecule has 1 atom stereocenters. The molecule has 6 rings (SSSR count). The van der Waals surface area contributed by atoms with E-state index in [1.807, 2.05) is 0 Å². The minimum Gasteiger partial charge on any atom is -0.467 e. The van der Waals surface area contributed by atoms with E-state index >= 15 is 0 Å². The number of fused-ring (bicyclic) bond motifs is 1. The lowest BCUT2D eigenvalue weighted by molar-refractivity contribution is 0.0829. The Morgan fingerprint density at radius 2 is 1.95 bits per heavy atom. The average Bonchev–Trinajstić information content (AvgIpc) is 3.59. The van der Waals surface area contributed by atoms with Crippen LogP contribution in [0.1, 0.15) is 12.8 Å². The second-order valence-electron chi connectivity index (χ2n) is 9.84. The maximum absolute atomic E-state index is 13.3. The van der Waals surface area contributed by atoms with Crippen molar-refractivity contribution in [1.82, 2.24) is 23.7 Å². The first kappa shape index (κ1) is 30.2. The van der Waals surface area contributed by atoms with Gasteiger partial charge < -0.3 is 24.3 Å². The van der Waals surface area contributed by atoms with Crippen LogP contribution in [0.2, 0.25) is 5.02 Å². The van der Waals surface area contributed by atoms with E-state index in [4.69, 9.17) is 35.5 Å². The lowest BCUT2D eigenvalue weighted by Gasteiger charge is -2.32. The predicted molar refractivity (Wildman–Crippen MR) is 159 cm³/mol. The summed E-state index contributed by atoms with van der Waals surface area (Å²) in [6, 6.07) is 14.3. The highest BCUT2D eigenvalue weighted by Crippen LogP contribution is 2.37. The summed E-state index contributed by atoms with van der Waals surface area (Å²) in [6.07, 6.45) is 6.17. The molecule has 0 aliphatic carbocycles. The topological polar surface area (TPSA) is 182 Å². The Labute approximate surface area is 256 Å². The molecule has 3 N–H and O–H groups in total. The molecule has 0 radical (unpaired) electrons. The molecule has 1 saturated heterocycles. The average molecular weight is 661 g/mol. The molecule has 44 heavy (non-hydrogen) atoms. The zero-order valence-electron chi connectivity index (χ0n) is 22.9. The molecule has 4 heterocycles. The van der Waals surface area contributed by atoms with E-state index in [1.54, 1.807) is 59.3 Å². The van der Waals surface area contributed by atoms with Gasteiger partial charge >= 0.3 is 13.7 Å². The highest BCUT2D eigenvalue weighted by molar-refractivity contribution is 7.89. The lowest BCUT2D eigenvalue weighted by atomic mass is 10.1. The van der Waals surface area contributed by atoms with Crippen LogP contribution in [0.25, 0.3) is 28.5 Å². The number of anilines is 1. The summed E-state index contributed by atoms with van der Waals surface area (Å²) in [6.45, 7) is -0.0104. The molecule has 1 aliphatic heterocycles. The normalized spacial score (nSPS) is 16.3. The molecule has 1 fully saturated rings. The summed E-state index contributed by atoms with van der Waals surface area (Å²) in [4.78, 5) is 31.7. The van der Waals surface area contributed by atoms with Gasteiger partial charge in [0.25, 0.3) is 0 Å². The SMILES string of the molecule is O=P(O)(O)OCOc1cccc(-c2nc3occn3c2-c2ccnc(NC3CCCN(S(=O)(=O)c4ccc(Cl)cc4)C3)n2)c1. The number of phosphoric ester groups is 1. The van der Waals surface area contributed by atoms with Crippen LogP contribution in [0.15, 0.2) is 82.6 Å². The van der Waals surface area contributed by atoms with E-state index in [2.05, 4.69) is 19.8 Å². The molecule has 2 aromatic carbocycles. The van der Waals surface area contributed by atoms with Crippen molar-refractivity contribution in [3.63, 3.8) is 0 Å². The first-order valence-corrected chi connectivity index (χ1v) is 16.7. The Morgan fingerprint density at radius 3 is 2.75 bits per heavy atom. The number of rotatable bonds is 10. The van der Waals surface area contributed by atoms with Crippen LogP contribution in [0.4, 0.5) is 5.95 Å². The van der Waals surface area contributed by atoms with Crippen molar-refractivity contribution in [3.05, 3.63) is 78.3 Å². The first-order valence-electron chi connectivity index (χ1n) is 13.3. The smallest absolute Gasteiger partial charge is 0.467 e. The standard InChI is InChI=1S/C27H26ClN6O8PS/c28-19-6-8-22(9-7-19)44(38,39)33-12-2-4-20(16-33)30-26-29-11-10-23(31-26)25-24(32-27-34(25)13-14-40-27)18-3-1-5-21(15-18)41-17-42-43(35,36)37/h1,3,5-11,13-15,20H,2,4,12,16-17H2,(H,29,30,31)(H2,35,36,37). The van der Waals surface area contributed by atoms with Gasteiger partial charge in [0.1, 0.15) is 23.4 Å². The highest BCUT2D eigenvalue weighted by atomic mass is 35.5. The third kappa shape index (κ3) is 6.64. The van der Waals surface area contributed by atoms with Crippen molar-refractivity contribution in [2.75, 3.05) is 25.2 Å². The Balaban J connectivity index is 1.25. The molecule has 0 saturated carbocycles. The number of benzene rings is 2. The number of phosphoric acid groups is 1. The number of oxazole rings is 1. The van der Waals surface area contributed by atoms with Crippen LogP contribution in [0.5, 0.6) is 5.75 Å². The van der Waals surface area contributed by atoms with Crippen molar-refractivity contribution in [3.8, 4) is 28.4 Å². The molecule has 0 spiro atoms. The van der Waals surface area contributed by atoms with E-state index in [-0.39, 0.29) is 17.5 Å². The van der Waals surface area contributed by atoms with Crippen LogP contribution in [-0.2, 0) is 19.1 Å². The van der Waals surface area contributed by atoms with Crippen LogP contribution < -0.4 is 10.1 Å². The number of nitrogens with one attached hydrogen (secondary N) is 1. The number of hydrogen-bond donors (Lipinski definition) is 3. The van der Waals surface area contributed by atoms with Gasteiger partial charge in [0.15, 0.2) is 6.79 Å². The van der Waals surface area contributed by atoms with Gasteiger partial charge in [-0.25, -0.2) is 27.5 Å². The number of imidazole rings is 1. The van der Waals surface area contributed by atoms with Gasteiger partial charge in [-0.2, -0.15) is 9.29 Å². The van der Waals surface area contributed by atoms with Gasteiger partial charge in [0.05, 0.1) is 10.6 Å². The van der Waals surface area contributed by atoms with E-state index in [9.17, 15) is 13.0 Å². The minimum atomic E-state index is -4.69. The number of piperidine rings is 1. The summed E-state index contributed by atoms with van der Waals surface area (Å²) < 4.78 is 55.9. The van der Waals surface area contributed by atoms with Crippen molar-refractivity contribution < 1.29 is 36.4 Å². The summed E-state index contributed by atoms with van der Waals surface area (Å²) in [5.41, 5.74) is 2.24. The predicted octanol–water partition coefficient (Wildman–Crippen LogP) is 4.42. The monoisotopic (exact) mass is 660 g/mol. The molecular weight excluding hydrogens is 635 g/mol. The Bertz CT molecular complexity index is 1950. The molecule has 17 heteroatoms. The second kappa shape index (κ2) is 12.3. The third-order valence-corrected chi connectivity index (χ3v) is 9.46. The molecular formula is C27H26ClN6O8PS. The Kier molecular flexibility index (Phi) is 8.44. The quantitative estimate of drug-likeness (QED) is 0.142. The van der Waals surface area contributed by atoms with Crippen LogP contribution >= 0.6 is 19.4 Å². The number of ether oxygens (including phenoxy) is 1. The minimum absolute atomic E-state index is 0.182. The fourth-order valence-corrected chi connectivity index (χ4v) is 6.74. The van der Waals surface area contributed by atoms with Gasteiger partial charge in [-0.3, -0.25) is 4.40 Å². The Morgan fingerprint density at radius 1 is 1.14 bits per heavy atom. The largest absolute Gasteiger partial charge is 0.472 e. The number of hydrogen-bond acceptors (Lipinski definition) is 10. The number of nitrogens with zero attached hydrogens (tertiary/aromatic N) is 5. The van der Waals surface area contributed by atoms with Crippen molar-refractivity contribution in [2.45, 2.75) is 23.8 Å². The summed E-state index contributed by atoms with van der Waals surface area (Å²) in [5, 5.41) is 3.75. The molecule has 1 unspecified atom stereocenters. The fourth-order valence-electron chi connectivity index (χ4n) is 4.90. The molecule has 1 aliphatic rings. The maximum Gasteiger partial charge on any atom is 0.472 e. The Hall–Kier alpha value is -3.82. The van der Waals surface area contributed by atoms with Crippen LogP contribution in [0, 0.1) is 0 Å². The number of halogens is 1. The summed E-state index contributed by atoms with van der Waals surface area (Å²) in [5.74, 6) is 0.927. The lowest BCUT2D eigenvalue weighted by Crippen LogP contribution is -2.45. The van der Waals surface area contributed by atoms with Gasteiger partial charge in [-0.1, -0.05) is 23.7 Å². The van der Waals surface area contributed by atoms with Crippen molar-refractivity contribution in [1.29, 1.82) is 0 Å². The van der Waals surface area contributed by atoms with Crippen molar-refractivity contribution in [2.24, 2.45) is 0 Å². The zero-order valence-corrected chi connectivity index (χ0v) is 25.3. The van der Waals surface area contributed by atoms with E-state index in [0.29, 0.717) is 58.2 Å². The molecule has 5 aromatic rings. The highest BCUT2D eigenvalue weighted by Gasteiger charge is 2.31. The molecule has 3 aromatic heterocycles. The number of aromatic nitrogens is 4. The molecule has 230 valence electrons. The van der Waals surface area contributed by atoms with Gasteiger partial charge in [-0.15, -0.1) is 0 Å². The van der Waals surface area contributed by atoms with E-state index in [0.717, 1.165) is 6.42 Å². The first-order chi connectivity index (χ1) is 21.1. The van der Waals surface area contributed by atoms with Gasteiger partial charge in [0, 0.05) is 42.1 Å². The van der Waals surface area contributed by atoms with E-state index in [1.165, 1.54) is 22.7 Å². The third-order valence-electron chi connectivity index (χ3n) is 6.88. The maximum atomic E-state index is 13.3. The van der Waals surface area contributed by atoms with Crippen LogP contribution in [0.3, 0.4) is 0 Å². The zero-order chi connectivity index (χ0) is 30.9. The molecule has 14 nitrogen and oxygen atoms in total. The van der Waals surface area contributed by atoms with E-state index < -0.39 is 24.6 Å². The van der Waals surface area contributed by atoms with Gasteiger partial charge in [-0.05, 0) is 55.3 Å². The molecule has 0 bridgehead atoms. The van der Waals surface area contributed by atoms with Gasteiger partial charge in [0.2, 0.25) is 16.0 Å². The number of sulfonamides is 1. The van der Waals surface area contributed by atoms with Crippen LogP contribution in [-0.4, -0.2) is 67.8 Å². The summed E-state index contributed by atoms with van der Waals surface area (Å²) >= 11 is 5.94. The summed E-state index contributed by atoms with van der Waals surface area (Å²) in [7, 11) is -8.39. The molecule has 0 amide bonds. The fraction of sp³-hybridized carbons (Fsp3) is 0.222.